The van der Waals surface area contributed by atoms with E-state index in [2.05, 4.69) is 21.2 Å². The van der Waals surface area contributed by atoms with Crippen molar-refractivity contribution in [1.29, 1.82) is 0 Å². The highest BCUT2D eigenvalue weighted by molar-refractivity contribution is 9.10. The van der Waals surface area contributed by atoms with E-state index in [1.807, 2.05) is 37.3 Å². The number of carbonyl (C=O) groups is 1. The summed E-state index contributed by atoms with van der Waals surface area (Å²) in [5.74, 6) is -0.323. The Hall–Kier alpha value is -1.86. The van der Waals surface area contributed by atoms with Crippen LogP contribution in [0.1, 0.15) is 18.9 Å². The van der Waals surface area contributed by atoms with Gasteiger partial charge in [0.25, 0.3) is 0 Å². The second-order valence-electron chi connectivity index (χ2n) is 6.24. The maximum atomic E-state index is 12.4. The lowest BCUT2D eigenvalue weighted by Crippen LogP contribution is -2.43. The van der Waals surface area contributed by atoms with Crippen LogP contribution in [0.3, 0.4) is 0 Å². The molecule has 0 aliphatic carbocycles. The molecule has 0 heterocycles. The molecule has 0 unspecified atom stereocenters. The number of anilines is 1. The van der Waals surface area contributed by atoms with Gasteiger partial charge in [-0.2, -0.15) is 0 Å². The minimum atomic E-state index is -3.57. The molecule has 2 rings (SSSR count). The number of sulfonamides is 1. The topological polar surface area (TPSA) is 66.5 Å². The predicted octanol–water partition coefficient (Wildman–Crippen LogP) is 3.35. The van der Waals surface area contributed by atoms with Crippen molar-refractivity contribution in [3.8, 4) is 0 Å². The van der Waals surface area contributed by atoms with Crippen molar-refractivity contribution in [2.24, 2.45) is 0 Å². The molecular formula is C19H23BrN2O3S. The van der Waals surface area contributed by atoms with Crippen molar-refractivity contribution >= 4 is 37.5 Å². The highest BCUT2D eigenvalue weighted by Gasteiger charge is 2.21. The molecule has 0 saturated heterocycles. The van der Waals surface area contributed by atoms with E-state index >= 15 is 0 Å². The van der Waals surface area contributed by atoms with Gasteiger partial charge >= 0.3 is 0 Å². The van der Waals surface area contributed by atoms with E-state index in [-0.39, 0.29) is 18.5 Å². The van der Waals surface area contributed by atoms with Crippen LogP contribution >= 0.6 is 15.9 Å². The molecular weight excluding hydrogens is 416 g/mol. The third-order valence-electron chi connectivity index (χ3n) is 3.90. The number of nitrogens with zero attached hydrogens (tertiary/aromatic N) is 1. The first-order valence-corrected chi connectivity index (χ1v) is 11.0. The van der Waals surface area contributed by atoms with Gasteiger partial charge in [-0.1, -0.05) is 52.3 Å². The number of carbonyl (C=O) groups excluding carboxylic acids is 1. The number of hydrogen-bond acceptors (Lipinski definition) is 3. The van der Waals surface area contributed by atoms with Gasteiger partial charge in [0, 0.05) is 10.5 Å². The fourth-order valence-corrected chi connectivity index (χ4v) is 3.82. The summed E-state index contributed by atoms with van der Waals surface area (Å²) in [7, 11) is -3.57. The molecule has 140 valence electrons. The molecule has 0 aromatic heterocycles. The van der Waals surface area contributed by atoms with Gasteiger partial charge in [0.05, 0.1) is 11.9 Å². The Morgan fingerprint density at radius 2 is 1.85 bits per heavy atom. The lowest BCUT2D eigenvalue weighted by atomic mass is 10.1. The predicted molar refractivity (Wildman–Crippen MR) is 109 cm³/mol. The van der Waals surface area contributed by atoms with Crippen LogP contribution in [0.4, 0.5) is 5.69 Å². The van der Waals surface area contributed by atoms with Crippen LogP contribution < -0.4 is 9.62 Å². The summed E-state index contributed by atoms with van der Waals surface area (Å²) < 4.78 is 26.1. The van der Waals surface area contributed by atoms with Gasteiger partial charge in [0.2, 0.25) is 15.9 Å². The van der Waals surface area contributed by atoms with E-state index < -0.39 is 10.0 Å². The van der Waals surface area contributed by atoms with Crippen molar-refractivity contribution in [2.75, 3.05) is 17.1 Å². The minimum Gasteiger partial charge on any atom is -0.352 e. The van der Waals surface area contributed by atoms with E-state index in [0.29, 0.717) is 5.69 Å². The summed E-state index contributed by atoms with van der Waals surface area (Å²) >= 11 is 3.32. The zero-order valence-corrected chi connectivity index (χ0v) is 17.3. The third kappa shape index (κ3) is 6.46. The van der Waals surface area contributed by atoms with Crippen molar-refractivity contribution in [2.45, 2.75) is 25.8 Å². The van der Waals surface area contributed by atoms with E-state index in [1.165, 1.54) is 5.56 Å². The SMILES string of the molecule is C[C@@H](CCc1ccccc1)NC(=O)CN(c1cccc(Br)c1)S(C)(=O)=O. The summed E-state index contributed by atoms with van der Waals surface area (Å²) in [6.07, 6.45) is 2.73. The molecule has 0 radical (unpaired) electrons. The Morgan fingerprint density at radius 3 is 2.46 bits per heavy atom. The Kier molecular flexibility index (Phi) is 7.23. The molecule has 1 N–H and O–H groups in total. The molecule has 1 amide bonds. The van der Waals surface area contributed by atoms with Crippen LogP contribution in [-0.4, -0.2) is 33.2 Å². The van der Waals surface area contributed by atoms with Crippen LogP contribution in [-0.2, 0) is 21.2 Å². The van der Waals surface area contributed by atoms with Crippen LogP contribution in [0.25, 0.3) is 0 Å². The van der Waals surface area contributed by atoms with Crippen molar-refractivity contribution in [3.05, 3.63) is 64.6 Å². The van der Waals surface area contributed by atoms with Crippen molar-refractivity contribution in [3.63, 3.8) is 0 Å². The molecule has 0 fully saturated rings. The van der Waals surface area contributed by atoms with Gasteiger partial charge in [-0.25, -0.2) is 8.42 Å². The quantitative estimate of drug-likeness (QED) is 0.686. The van der Waals surface area contributed by atoms with Crippen LogP contribution in [0.15, 0.2) is 59.1 Å². The first-order valence-electron chi connectivity index (χ1n) is 8.32. The van der Waals surface area contributed by atoms with E-state index in [0.717, 1.165) is 27.9 Å². The first-order chi connectivity index (χ1) is 12.3. The normalized spacial score (nSPS) is 12.4. The number of nitrogens with one attached hydrogen (secondary N) is 1. The fourth-order valence-electron chi connectivity index (χ4n) is 2.58. The van der Waals surface area contributed by atoms with Crippen molar-refractivity contribution < 1.29 is 13.2 Å². The summed E-state index contributed by atoms with van der Waals surface area (Å²) in [6, 6.07) is 16.9. The average molecular weight is 439 g/mol. The molecule has 0 saturated carbocycles. The number of benzene rings is 2. The van der Waals surface area contributed by atoms with Gasteiger partial charge in [0.1, 0.15) is 6.54 Å². The van der Waals surface area contributed by atoms with Gasteiger partial charge in [-0.05, 0) is 43.5 Å². The highest BCUT2D eigenvalue weighted by atomic mass is 79.9. The smallest absolute Gasteiger partial charge is 0.240 e. The molecule has 0 bridgehead atoms. The lowest BCUT2D eigenvalue weighted by Gasteiger charge is -2.23. The fraction of sp³-hybridized carbons (Fsp3) is 0.316. The largest absolute Gasteiger partial charge is 0.352 e. The van der Waals surface area contributed by atoms with Crippen LogP contribution in [0, 0.1) is 0 Å². The zero-order valence-electron chi connectivity index (χ0n) is 14.9. The minimum absolute atomic E-state index is 0.0494. The molecule has 0 aliphatic rings. The number of aryl methyl sites for hydroxylation is 1. The average Bonchev–Trinajstić information content (AvgIpc) is 2.58. The molecule has 1 atom stereocenters. The highest BCUT2D eigenvalue weighted by Crippen LogP contribution is 2.21. The monoisotopic (exact) mass is 438 g/mol. The van der Waals surface area contributed by atoms with Crippen LogP contribution in [0.2, 0.25) is 0 Å². The zero-order chi connectivity index (χ0) is 19.2. The third-order valence-corrected chi connectivity index (χ3v) is 5.53. The number of hydrogen-bond donors (Lipinski definition) is 1. The second-order valence-corrected chi connectivity index (χ2v) is 9.06. The molecule has 0 spiro atoms. The number of rotatable bonds is 8. The van der Waals surface area contributed by atoms with Crippen molar-refractivity contribution in [1.82, 2.24) is 5.32 Å². The second kappa shape index (κ2) is 9.19. The summed E-state index contributed by atoms with van der Waals surface area (Å²) in [5.41, 5.74) is 1.66. The molecule has 5 nitrogen and oxygen atoms in total. The Bertz CT molecular complexity index is 841. The van der Waals surface area contributed by atoms with E-state index in [4.69, 9.17) is 0 Å². The van der Waals surface area contributed by atoms with E-state index in [1.54, 1.807) is 24.3 Å². The summed E-state index contributed by atoms with van der Waals surface area (Å²) in [4.78, 5) is 12.4. The standard InChI is InChI=1S/C19H23BrN2O3S/c1-15(11-12-16-7-4-3-5-8-16)21-19(23)14-22(26(2,24)25)18-10-6-9-17(20)13-18/h3-10,13,15H,11-12,14H2,1-2H3,(H,21,23)/t15-/m0/s1. The lowest BCUT2D eigenvalue weighted by molar-refractivity contribution is -0.120. The van der Waals surface area contributed by atoms with Gasteiger partial charge in [-0.15, -0.1) is 0 Å². The van der Waals surface area contributed by atoms with E-state index in [9.17, 15) is 13.2 Å². The molecule has 0 aliphatic heterocycles. The van der Waals surface area contributed by atoms with Gasteiger partial charge in [0.15, 0.2) is 0 Å². The van der Waals surface area contributed by atoms with Gasteiger partial charge in [-0.3, -0.25) is 9.10 Å². The number of halogens is 1. The number of amides is 1. The molecule has 2 aromatic rings. The molecule has 26 heavy (non-hydrogen) atoms. The molecule has 7 heteroatoms. The Labute approximate surface area is 163 Å². The van der Waals surface area contributed by atoms with Gasteiger partial charge < -0.3 is 5.32 Å². The Morgan fingerprint density at radius 1 is 1.15 bits per heavy atom. The summed E-state index contributed by atoms with van der Waals surface area (Å²) in [5, 5.41) is 2.88. The summed E-state index contributed by atoms with van der Waals surface area (Å²) in [6.45, 7) is 1.68. The van der Waals surface area contributed by atoms with Crippen LogP contribution in [0.5, 0.6) is 0 Å². The maximum Gasteiger partial charge on any atom is 0.240 e. The maximum absolute atomic E-state index is 12.4. The Balaban J connectivity index is 1.96. The first kappa shape index (κ1) is 20.5. The molecule has 2 aromatic carbocycles.